The number of nitrogens with zero attached hydrogens (tertiary/aromatic N) is 2. The lowest BCUT2D eigenvalue weighted by Gasteiger charge is -2.19. The number of benzene rings is 1. The van der Waals surface area contributed by atoms with Crippen molar-refractivity contribution in [2.24, 2.45) is 0 Å². The number of rotatable bonds is 5. The van der Waals surface area contributed by atoms with Gasteiger partial charge < -0.3 is 0 Å². The molecule has 0 bridgehead atoms. The summed E-state index contributed by atoms with van der Waals surface area (Å²) in [5.74, 6) is 0. The molecule has 0 unspecified atom stereocenters. The van der Waals surface area contributed by atoms with Crippen molar-refractivity contribution in [3.63, 3.8) is 0 Å². The highest BCUT2D eigenvalue weighted by atomic mass is 79.9. The first-order valence-corrected chi connectivity index (χ1v) is 7.65. The third-order valence-corrected chi connectivity index (χ3v) is 4.55. The molecule has 0 saturated carbocycles. The third kappa shape index (κ3) is 3.45. The average molecular weight is 332 g/mol. The Kier molecular flexibility index (Phi) is 5.14. The van der Waals surface area contributed by atoms with Crippen LogP contribution in [0, 0.1) is 11.3 Å². The molecular formula is C11H14BrN3O2S. The molecule has 0 fully saturated rings. The van der Waals surface area contributed by atoms with Crippen LogP contribution in [0.25, 0.3) is 0 Å². The van der Waals surface area contributed by atoms with Gasteiger partial charge in [0.05, 0.1) is 11.3 Å². The lowest BCUT2D eigenvalue weighted by atomic mass is 10.2. The van der Waals surface area contributed by atoms with Crippen molar-refractivity contribution in [1.82, 2.24) is 4.31 Å². The standard InChI is InChI=1S/C11H14BrN3O2S/c1-3-15(4-2)18(16,17)14-11-6-5-10(12)7-9(11)8-13/h5-7,14H,3-4H2,1-2H3. The second-order valence-electron chi connectivity index (χ2n) is 3.49. The molecule has 1 aromatic carbocycles. The smallest absolute Gasteiger partial charge is 0.270 e. The molecule has 18 heavy (non-hydrogen) atoms. The second kappa shape index (κ2) is 6.18. The lowest BCUT2D eigenvalue weighted by molar-refractivity contribution is 0.449. The molecule has 7 heteroatoms. The molecule has 0 aliphatic carbocycles. The van der Waals surface area contributed by atoms with Crippen LogP contribution in [0.1, 0.15) is 19.4 Å². The fourth-order valence-electron chi connectivity index (χ4n) is 1.47. The highest BCUT2D eigenvalue weighted by Gasteiger charge is 2.19. The predicted octanol–water partition coefficient (Wildman–Crippen LogP) is 2.32. The highest BCUT2D eigenvalue weighted by Crippen LogP contribution is 2.21. The average Bonchev–Trinajstić information content (AvgIpc) is 2.32. The van der Waals surface area contributed by atoms with E-state index in [9.17, 15) is 8.42 Å². The molecule has 1 N–H and O–H groups in total. The van der Waals surface area contributed by atoms with Crippen molar-refractivity contribution < 1.29 is 8.42 Å². The number of hydrogen-bond donors (Lipinski definition) is 1. The minimum absolute atomic E-state index is 0.278. The van der Waals surface area contributed by atoms with Gasteiger partial charge in [0, 0.05) is 17.6 Å². The van der Waals surface area contributed by atoms with Crippen molar-refractivity contribution >= 4 is 31.8 Å². The molecule has 0 heterocycles. The minimum atomic E-state index is -3.60. The lowest BCUT2D eigenvalue weighted by Crippen LogP contribution is -2.35. The molecule has 0 aromatic heterocycles. The van der Waals surface area contributed by atoms with Crippen molar-refractivity contribution in [1.29, 1.82) is 5.26 Å². The highest BCUT2D eigenvalue weighted by molar-refractivity contribution is 9.10. The van der Waals surface area contributed by atoms with Crippen LogP contribution in [-0.2, 0) is 10.2 Å². The maximum absolute atomic E-state index is 12.0. The number of nitriles is 1. The zero-order valence-corrected chi connectivity index (χ0v) is 12.5. The van der Waals surface area contributed by atoms with Gasteiger partial charge in [-0.3, -0.25) is 4.72 Å². The molecule has 0 aliphatic rings. The summed E-state index contributed by atoms with van der Waals surface area (Å²) in [6.07, 6.45) is 0. The zero-order valence-electron chi connectivity index (χ0n) is 10.1. The fraction of sp³-hybridized carbons (Fsp3) is 0.364. The van der Waals surface area contributed by atoms with E-state index < -0.39 is 10.2 Å². The molecule has 1 aromatic rings. The molecule has 98 valence electrons. The molecule has 0 atom stereocenters. The van der Waals surface area contributed by atoms with Crippen LogP contribution in [-0.4, -0.2) is 25.8 Å². The van der Waals surface area contributed by atoms with Crippen molar-refractivity contribution in [3.05, 3.63) is 28.2 Å². The summed E-state index contributed by atoms with van der Waals surface area (Å²) in [5, 5.41) is 8.97. The molecule has 0 saturated heterocycles. The molecular weight excluding hydrogens is 318 g/mol. The van der Waals surface area contributed by atoms with E-state index in [0.717, 1.165) is 4.47 Å². The van der Waals surface area contributed by atoms with Crippen LogP contribution >= 0.6 is 15.9 Å². The van der Waals surface area contributed by atoms with Gasteiger partial charge >= 0.3 is 10.2 Å². The Hall–Kier alpha value is -1.10. The normalized spacial score (nSPS) is 11.3. The molecule has 5 nitrogen and oxygen atoms in total. The predicted molar refractivity (Wildman–Crippen MR) is 74.3 cm³/mol. The number of halogens is 1. The molecule has 1 rings (SSSR count). The van der Waals surface area contributed by atoms with Gasteiger partial charge in [0.1, 0.15) is 6.07 Å². The summed E-state index contributed by atoms with van der Waals surface area (Å²) < 4.78 is 28.5. The maximum atomic E-state index is 12.0. The van der Waals surface area contributed by atoms with Gasteiger partial charge in [-0.05, 0) is 18.2 Å². The van der Waals surface area contributed by atoms with E-state index in [-0.39, 0.29) is 11.3 Å². The zero-order chi connectivity index (χ0) is 13.8. The first-order chi connectivity index (χ1) is 8.44. The third-order valence-electron chi connectivity index (χ3n) is 2.39. The van der Waals surface area contributed by atoms with Crippen LogP contribution in [0.2, 0.25) is 0 Å². The van der Waals surface area contributed by atoms with Gasteiger partial charge in [-0.2, -0.15) is 18.0 Å². The van der Waals surface area contributed by atoms with Gasteiger partial charge in [0.2, 0.25) is 0 Å². The van der Waals surface area contributed by atoms with Crippen molar-refractivity contribution in [2.75, 3.05) is 17.8 Å². The summed E-state index contributed by atoms with van der Waals surface area (Å²) in [6, 6.07) is 6.77. The fourth-order valence-corrected chi connectivity index (χ4v) is 3.09. The van der Waals surface area contributed by atoms with E-state index in [0.29, 0.717) is 13.1 Å². The van der Waals surface area contributed by atoms with Crippen LogP contribution in [0.3, 0.4) is 0 Å². The number of anilines is 1. The number of hydrogen-bond acceptors (Lipinski definition) is 3. The van der Waals surface area contributed by atoms with E-state index in [2.05, 4.69) is 20.7 Å². The van der Waals surface area contributed by atoms with Crippen LogP contribution in [0.5, 0.6) is 0 Å². The van der Waals surface area contributed by atoms with E-state index in [1.165, 1.54) is 4.31 Å². The van der Waals surface area contributed by atoms with Crippen LogP contribution < -0.4 is 4.72 Å². The molecule has 0 spiro atoms. The van der Waals surface area contributed by atoms with Crippen molar-refractivity contribution in [3.8, 4) is 6.07 Å². The maximum Gasteiger partial charge on any atom is 0.301 e. The Morgan fingerprint density at radius 2 is 2.00 bits per heavy atom. The van der Waals surface area contributed by atoms with Crippen LogP contribution in [0.15, 0.2) is 22.7 Å². The van der Waals surface area contributed by atoms with Gasteiger partial charge in [-0.15, -0.1) is 0 Å². The van der Waals surface area contributed by atoms with Gasteiger partial charge in [-0.1, -0.05) is 29.8 Å². The Bertz CT molecular complexity index is 562. The minimum Gasteiger partial charge on any atom is -0.270 e. The van der Waals surface area contributed by atoms with E-state index in [1.807, 2.05) is 6.07 Å². The molecule has 0 radical (unpaired) electrons. The molecule has 0 aliphatic heterocycles. The topological polar surface area (TPSA) is 73.2 Å². The summed E-state index contributed by atoms with van der Waals surface area (Å²) >= 11 is 3.23. The first-order valence-electron chi connectivity index (χ1n) is 5.42. The Morgan fingerprint density at radius 3 is 2.50 bits per heavy atom. The summed E-state index contributed by atoms with van der Waals surface area (Å²) in [4.78, 5) is 0. The monoisotopic (exact) mass is 331 g/mol. The van der Waals surface area contributed by atoms with Crippen LogP contribution in [0.4, 0.5) is 5.69 Å². The van der Waals surface area contributed by atoms with E-state index in [1.54, 1.807) is 32.0 Å². The van der Waals surface area contributed by atoms with E-state index >= 15 is 0 Å². The second-order valence-corrected chi connectivity index (χ2v) is 6.08. The first kappa shape index (κ1) is 15.0. The summed E-state index contributed by atoms with van der Waals surface area (Å²) in [6.45, 7) is 4.28. The summed E-state index contributed by atoms with van der Waals surface area (Å²) in [7, 11) is -3.60. The quantitative estimate of drug-likeness (QED) is 0.899. The van der Waals surface area contributed by atoms with Gasteiger partial charge in [0.15, 0.2) is 0 Å². The van der Waals surface area contributed by atoms with Gasteiger partial charge in [-0.25, -0.2) is 0 Å². The van der Waals surface area contributed by atoms with Crippen molar-refractivity contribution in [2.45, 2.75) is 13.8 Å². The Morgan fingerprint density at radius 1 is 1.39 bits per heavy atom. The van der Waals surface area contributed by atoms with Gasteiger partial charge in [0.25, 0.3) is 0 Å². The Balaban J connectivity index is 3.09. The SMILES string of the molecule is CCN(CC)S(=O)(=O)Nc1ccc(Br)cc1C#N. The largest absolute Gasteiger partial charge is 0.301 e. The van der Waals surface area contributed by atoms with E-state index in [4.69, 9.17) is 5.26 Å². The summed E-state index contributed by atoms with van der Waals surface area (Å²) in [5.41, 5.74) is 0.563. The molecule has 0 amide bonds. The number of nitrogens with one attached hydrogen (secondary N) is 1. The Labute approximate surface area is 116 Å².